The Morgan fingerprint density at radius 2 is 2.19 bits per heavy atom. The first kappa shape index (κ1) is 20.0. The number of ether oxygens (including phenoxy) is 2. The number of benzene rings is 1. The van der Waals surface area contributed by atoms with Crippen molar-refractivity contribution in [3.8, 4) is 23.4 Å². The molecular formula is C21H21N7O3. The van der Waals surface area contributed by atoms with Crippen LogP contribution in [-0.4, -0.2) is 32.3 Å². The fourth-order valence-electron chi connectivity index (χ4n) is 3.91. The van der Waals surface area contributed by atoms with Gasteiger partial charge in [0, 0.05) is 31.1 Å². The van der Waals surface area contributed by atoms with Crippen LogP contribution in [0.3, 0.4) is 0 Å². The molecule has 4 N–H and O–H groups in total. The van der Waals surface area contributed by atoms with E-state index in [-0.39, 0.29) is 17.3 Å². The minimum atomic E-state index is -0.646. The van der Waals surface area contributed by atoms with Gasteiger partial charge in [-0.1, -0.05) is 13.0 Å². The standard InChI is InChI=1S/C21H21N7O3/c1-4-14-17-16(13(10-22)19(24)31-21(17)27(2)26-14)12-6-5-11(9-15(12)30-3)28-8-7-25-20(28)18(23)29/h5-9,16H,4,24H2,1-3H3,(H2,23,29). The van der Waals surface area contributed by atoms with Crippen molar-refractivity contribution in [1.29, 1.82) is 5.26 Å². The van der Waals surface area contributed by atoms with Gasteiger partial charge in [-0.2, -0.15) is 10.4 Å². The summed E-state index contributed by atoms with van der Waals surface area (Å²) in [4.78, 5) is 15.7. The number of aromatic nitrogens is 4. The second-order valence-corrected chi connectivity index (χ2v) is 6.98. The molecule has 0 radical (unpaired) electrons. The SMILES string of the molecule is CCc1nn(C)c2c1C(c1ccc(-n3ccnc3C(N)=O)cc1OC)C(C#N)=C(N)O2. The highest BCUT2D eigenvalue weighted by atomic mass is 16.5. The van der Waals surface area contributed by atoms with Gasteiger partial charge in [-0.15, -0.1) is 0 Å². The predicted octanol–water partition coefficient (Wildman–Crippen LogP) is 1.49. The summed E-state index contributed by atoms with van der Waals surface area (Å²) in [5.74, 6) is -0.0266. The van der Waals surface area contributed by atoms with E-state index in [9.17, 15) is 10.1 Å². The summed E-state index contributed by atoms with van der Waals surface area (Å²) in [5, 5.41) is 14.4. The zero-order valence-electron chi connectivity index (χ0n) is 17.3. The molecule has 0 spiro atoms. The van der Waals surface area contributed by atoms with Gasteiger partial charge < -0.3 is 20.9 Å². The molecule has 0 fully saturated rings. The lowest BCUT2D eigenvalue weighted by molar-refractivity contribution is 0.0989. The van der Waals surface area contributed by atoms with E-state index in [0.717, 1.165) is 16.8 Å². The average molecular weight is 419 g/mol. The maximum Gasteiger partial charge on any atom is 0.285 e. The van der Waals surface area contributed by atoms with Crippen molar-refractivity contribution < 1.29 is 14.3 Å². The zero-order valence-corrected chi connectivity index (χ0v) is 17.3. The Kier molecular flexibility index (Phi) is 4.87. The number of hydrogen-bond acceptors (Lipinski definition) is 7. The van der Waals surface area contributed by atoms with E-state index in [0.29, 0.717) is 23.7 Å². The van der Waals surface area contributed by atoms with Crippen LogP contribution >= 0.6 is 0 Å². The van der Waals surface area contributed by atoms with E-state index >= 15 is 0 Å². The summed E-state index contributed by atoms with van der Waals surface area (Å²) in [7, 11) is 3.30. The molecule has 0 aliphatic carbocycles. The first-order valence-corrected chi connectivity index (χ1v) is 9.56. The van der Waals surface area contributed by atoms with E-state index in [1.165, 1.54) is 13.3 Å². The quantitative estimate of drug-likeness (QED) is 0.637. The first-order valence-electron chi connectivity index (χ1n) is 9.56. The predicted molar refractivity (Wildman–Crippen MR) is 111 cm³/mol. The number of nitrogens with two attached hydrogens (primary N) is 2. The number of fused-ring (bicyclic) bond motifs is 1. The van der Waals surface area contributed by atoms with E-state index < -0.39 is 11.8 Å². The number of primary amides is 1. The molecule has 10 heteroatoms. The molecule has 2 aromatic heterocycles. The van der Waals surface area contributed by atoms with Crippen LogP contribution in [-0.2, 0) is 13.5 Å². The lowest BCUT2D eigenvalue weighted by atomic mass is 9.83. The Bertz CT molecular complexity index is 1260. The first-order chi connectivity index (χ1) is 14.9. The number of carbonyl (C=O) groups is 1. The summed E-state index contributed by atoms with van der Waals surface area (Å²) in [6, 6.07) is 7.57. The monoisotopic (exact) mass is 419 g/mol. The highest BCUT2D eigenvalue weighted by Crippen LogP contribution is 2.46. The van der Waals surface area contributed by atoms with Crippen molar-refractivity contribution in [2.75, 3.05) is 7.11 Å². The van der Waals surface area contributed by atoms with Gasteiger partial charge in [0.15, 0.2) is 0 Å². The van der Waals surface area contributed by atoms with E-state index in [1.807, 2.05) is 13.0 Å². The molecule has 0 saturated heterocycles. The van der Waals surface area contributed by atoms with Crippen molar-refractivity contribution in [3.63, 3.8) is 0 Å². The maximum absolute atomic E-state index is 11.7. The fraction of sp³-hybridized carbons (Fsp3) is 0.238. The molecule has 1 unspecified atom stereocenters. The van der Waals surface area contributed by atoms with E-state index in [1.54, 1.807) is 34.6 Å². The summed E-state index contributed by atoms with van der Waals surface area (Å²) in [6.07, 6.45) is 3.78. The molecule has 4 rings (SSSR count). The lowest BCUT2D eigenvalue weighted by Crippen LogP contribution is -2.22. The van der Waals surface area contributed by atoms with Crippen LogP contribution in [0.25, 0.3) is 5.69 Å². The summed E-state index contributed by atoms with van der Waals surface area (Å²) in [5.41, 5.74) is 14.7. The molecule has 1 amide bonds. The van der Waals surface area contributed by atoms with Gasteiger partial charge in [-0.25, -0.2) is 9.67 Å². The Balaban J connectivity index is 1.92. The molecule has 3 heterocycles. The van der Waals surface area contributed by atoms with Gasteiger partial charge in [-0.3, -0.25) is 9.36 Å². The number of rotatable bonds is 5. The molecule has 1 atom stereocenters. The molecule has 1 aromatic carbocycles. The van der Waals surface area contributed by atoms with Gasteiger partial charge in [0.05, 0.1) is 30.0 Å². The summed E-state index contributed by atoms with van der Waals surface area (Å²) in [6.45, 7) is 1.98. The Morgan fingerprint density at radius 1 is 1.42 bits per heavy atom. The molecule has 10 nitrogen and oxygen atoms in total. The Labute approximate surface area is 178 Å². The number of nitrogens with zero attached hydrogens (tertiary/aromatic N) is 5. The second kappa shape index (κ2) is 7.53. The largest absolute Gasteiger partial charge is 0.496 e. The van der Waals surface area contributed by atoms with Crippen LogP contribution in [0.2, 0.25) is 0 Å². The summed E-state index contributed by atoms with van der Waals surface area (Å²) < 4.78 is 14.6. The number of imidazole rings is 1. The molecule has 3 aromatic rings. The minimum absolute atomic E-state index is 0.0300. The van der Waals surface area contributed by atoms with Crippen LogP contribution in [0, 0.1) is 11.3 Å². The Morgan fingerprint density at radius 3 is 2.84 bits per heavy atom. The Hall–Kier alpha value is -4.26. The molecular weight excluding hydrogens is 398 g/mol. The molecule has 1 aliphatic heterocycles. The molecule has 0 saturated carbocycles. The van der Waals surface area contributed by atoms with E-state index in [2.05, 4.69) is 16.2 Å². The van der Waals surface area contributed by atoms with Gasteiger partial charge in [0.1, 0.15) is 17.4 Å². The molecule has 158 valence electrons. The van der Waals surface area contributed by atoms with Gasteiger partial charge in [-0.05, 0) is 12.5 Å². The lowest BCUT2D eigenvalue weighted by Gasteiger charge is -2.26. The summed E-state index contributed by atoms with van der Waals surface area (Å²) >= 11 is 0. The van der Waals surface area contributed by atoms with Crippen LogP contribution in [0.15, 0.2) is 42.0 Å². The van der Waals surface area contributed by atoms with Crippen molar-refractivity contribution in [2.45, 2.75) is 19.3 Å². The number of amides is 1. The highest BCUT2D eigenvalue weighted by Gasteiger charge is 2.37. The number of carbonyl (C=O) groups excluding carboxylic acids is 1. The van der Waals surface area contributed by atoms with Gasteiger partial charge in [0.2, 0.25) is 17.6 Å². The topological polar surface area (TPSA) is 147 Å². The smallest absolute Gasteiger partial charge is 0.285 e. The third-order valence-electron chi connectivity index (χ3n) is 5.28. The normalized spacial score (nSPS) is 15.2. The number of hydrogen-bond donors (Lipinski definition) is 2. The molecule has 31 heavy (non-hydrogen) atoms. The van der Waals surface area contributed by atoms with Crippen LogP contribution in [0.1, 0.15) is 40.3 Å². The maximum atomic E-state index is 11.7. The van der Waals surface area contributed by atoms with Crippen LogP contribution in [0.4, 0.5) is 0 Å². The third-order valence-corrected chi connectivity index (χ3v) is 5.28. The van der Waals surface area contributed by atoms with Crippen molar-refractivity contribution in [3.05, 3.63) is 64.7 Å². The van der Waals surface area contributed by atoms with Crippen molar-refractivity contribution in [2.24, 2.45) is 18.5 Å². The number of methoxy groups -OCH3 is 1. The van der Waals surface area contributed by atoms with E-state index in [4.69, 9.17) is 20.9 Å². The van der Waals surface area contributed by atoms with Crippen LogP contribution < -0.4 is 20.9 Å². The average Bonchev–Trinajstić information content (AvgIpc) is 3.37. The third kappa shape index (κ3) is 3.07. The van der Waals surface area contributed by atoms with Crippen molar-refractivity contribution >= 4 is 5.91 Å². The zero-order chi connectivity index (χ0) is 22.3. The second-order valence-electron chi connectivity index (χ2n) is 6.98. The van der Waals surface area contributed by atoms with Crippen molar-refractivity contribution in [1.82, 2.24) is 19.3 Å². The minimum Gasteiger partial charge on any atom is -0.496 e. The number of aryl methyl sites for hydroxylation is 2. The molecule has 1 aliphatic rings. The number of allylic oxidation sites excluding steroid dienone is 1. The highest BCUT2D eigenvalue weighted by molar-refractivity contribution is 5.89. The van der Waals surface area contributed by atoms with Gasteiger partial charge in [0.25, 0.3) is 5.91 Å². The van der Waals surface area contributed by atoms with Gasteiger partial charge >= 0.3 is 0 Å². The fourth-order valence-corrected chi connectivity index (χ4v) is 3.91. The van der Waals surface area contributed by atoms with Crippen LogP contribution in [0.5, 0.6) is 11.6 Å². The number of nitriles is 1. The molecule has 0 bridgehead atoms.